The quantitative estimate of drug-likeness (QED) is 0.138. The van der Waals surface area contributed by atoms with Crippen LogP contribution in [0, 0.1) is 17.0 Å². The molecule has 2 fully saturated rings. The third-order valence-corrected chi connectivity index (χ3v) is 11.3. The van der Waals surface area contributed by atoms with Crippen molar-refractivity contribution in [2.75, 3.05) is 40.4 Å². The summed E-state index contributed by atoms with van der Waals surface area (Å²) in [6.45, 7) is 1.45. The second-order valence-electron chi connectivity index (χ2n) is 15.2. The first-order valence-electron chi connectivity index (χ1n) is 18.7. The third-order valence-electron chi connectivity index (χ3n) is 10.8. The van der Waals surface area contributed by atoms with E-state index in [1.807, 2.05) is 36.4 Å². The fourth-order valence-corrected chi connectivity index (χ4v) is 8.30. The minimum atomic E-state index is -0.950. The Labute approximate surface area is 332 Å². The number of ether oxygens (including phenoxy) is 2. The molecular weight excluding hydrogens is 745 g/mol. The Morgan fingerprint density at radius 3 is 1.62 bits per heavy atom. The predicted octanol–water partition coefficient (Wildman–Crippen LogP) is 4.20. The number of amides is 2. The summed E-state index contributed by atoms with van der Waals surface area (Å²) >= 11 is 12.2. The number of carbonyl (C=O) groups is 4. The largest absolute Gasteiger partial charge is 0.618 e. The normalized spacial score (nSPS) is 21.1. The van der Waals surface area contributed by atoms with Gasteiger partial charge >= 0.3 is 11.9 Å². The maximum Gasteiger partial charge on any atom is 0.306 e. The van der Waals surface area contributed by atoms with Crippen LogP contribution in [0.1, 0.15) is 60.9 Å². The molecule has 0 unspecified atom stereocenters. The lowest BCUT2D eigenvalue weighted by Crippen LogP contribution is -2.58. The fraction of sp³-hybridized carbons (Fsp3) is 0.488. The van der Waals surface area contributed by atoms with Crippen LogP contribution in [-0.2, 0) is 54.3 Å². The number of esters is 2. The highest BCUT2D eigenvalue weighted by atomic mass is 35.5. The van der Waals surface area contributed by atoms with Gasteiger partial charge in [0.15, 0.2) is 11.9 Å². The van der Waals surface area contributed by atoms with Crippen molar-refractivity contribution in [1.29, 1.82) is 0 Å². The summed E-state index contributed by atoms with van der Waals surface area (Å²) in [6.07, 6.45) is 4.55. The number of nitrogens with two attached hydrogens (primary N) is 2. The standard InChI is InChI=1S/C41H51Cl2N5O7/c1-54-36(49)22-31(38(51)46-17-4-15-40(44,26-46)24-28-7-11-33(42)12-8-28)20-30-6-3-19-48(53)35(30)21-32(23-37(50)55-2)39(52)47-18-5-16-41(45,27-47)25-29-9-13-34(43)14-10-29/h3,6-14,19,31-32H,4-5,15-18,20-27,44-45H2,1-2H3/t31-,32-,40-,41-/m1/s1. The van der Waals surface area contributed by atoms with Gasteiger partial charge in [-0.05, 0) is 86.4 Å². The zero-order valence-electron chi connectivity index (χ0n) is 31.5. The van der Waals surface area contributed by atoms with Crippen LogP contribution in [0.15, 0.2) is 66.9 Å². The van der Waals surface area contributed by atoms with Crippen molar-refractivity contribution < 1.29 is 33.4 Å². The number of likely N-dealkylation sites (tertiary alicyclic amines) is 2. The average molecular weight is 797 g/mol. The lowest BCUT2D eigenvalue weighted by molar-refractivity contribution is -0.614. The van der Waals surface area contributed by atoms with Crippen LogP contribution in [0.25, 0.3) is 0 Å². The molecule has 14 heteroatoms. The van der Waals surface area contributed by atoms with Crippen molar-refractivity contribution in [3.63, 3.8) is 0 Å². The zero-order chi connectivity index (χ0) is 39.8. The van der Waals surface area contributed by atoms with E-state index in [0.29, 0.717) is 72.0 Å². The molecule has 4 N–H and O–H groups in total. The molecule has 5 rings (SSSR count). The minimum absolute atomic E-state index is 0.0213. The molecule has 2 aromatic carbocycles. The second kappa shape index (κ2) is 18.6. The average Bonchev–Trinajstić information content (AvgIpc) is 3.16. The Hall–Kier alpha value is -4.23. The Bertz CT molecular complexity index is 1830. The number of pyridine rings is 1. The first-order valence-corrected chi connectivity index (χ1v) is 19.4. The first-order chi connectivity index (χ1) is 26.2. The molecule has 3 heterocycles. The van der Waals surface area contributed by atoms with Gasteiger partial charge in [0.05, 0.1) is 38.9 Å². The summed E-state index contributed by atoms with van der Waals surface area (Å²) in [6, 6.07) is 18.2. The molecular formula is C41H51Cl2N5O7. The highest BCUT2D eigenvalue weighted by Crippen LogP contribution is 2.30. The zero-order valence-corrected chi connectivity index (χ0v) is 33.0. The van der Waals surface area contributed by atoms with E-state index in [9.17, 15) is 24.4 Å². The minimum Gasteiger partial charge on any atom is -0.618 e. The van der Waals surface area contributed by atoms with Crippen LogP contribution in [-0.4, -0.2) is 85.0 Å². The van der Waals surface area contributed by atoms with Gasteiger partial charge in [-0.3, -0.25) is 19.2 Å². The highest BCUT2D eigenvalue weighted by Gasteiger charge is 2.40. The summed E-state index contributed by atoms with van der Waals surface area (Å²) in [7, 11) is 2.51. The van der Waals surface area contributed by atoms with E-state index in [1.54, 1.807) is 34.1 Å². The van der Waals surface area contributed by atoms with Crippen LogP contribution in [0.2, 0.25) is 10.0 Å². The summed E-state index contributed by atoms with van der Waals surface area (Å²) in [5, 5.41) is 14.7. The molecule has 4 atom stereocenters. The molecule has 12 nitrogen and oxygen atoms in total. The van der Waals surface area contributed by atoms with E-state index in [4.69, 9.17) is 44.1 Å². The highest BCUT2D eigenvalue weighted by molar-refractivity contribution is 6.30. The van der Waals surface area contributed by atoms with Gasteiger partial charge in [0.2, 0.25) is 11.8 Å². The van der Waals surface area contributed by atoms with Gasteiger partial charge < -0.3 is 35.9 Å². The first kappa shape index (κ1) is 41.9. The van der Waals surface area contributed by atoms with Gasteiger partial charge in [-0.25, -0.2) is 0 Å². The van der Waals surface area contributed by atoms with E-state index in [-0.39, 0.29) is 56.3 Å². The lowest BCUT2D eigenvalue weighted by Gasteiger charge is -2.42. The Morgan fingerprint density at radius 2 is 1.18 bits per heavy atom. The molecule has 2 amide bonds. The van der Waals surface area contributed by atoms with Gasteiger partial charge in [0.1, 0.15) is 0 Å². The van der Waals surface area contributed by atoms with Gasteiger partial charge in [-0.2, -0.15) is 4.73 Å². The number of hydrogen-bond donors (Lipinski definition) is 2. The topological polar surface area (TPSA) is 172 Å². The monoisotopic (exact) mass is 795 g/mol. The van der Waals surface area contributed by atoms with Crippen molar-refractivity contribution in [2.24, 2.45) is 23.3 Å². The summed E-state index contributed by atoms with van der Waals surface area (Å²) in [5.74, 6) is -3.60. The SMILES string of the molecule is COC(=O)C[C@@H](Cc1ccc[n+]([O-])c1C[C@H](CC(=O)OC)C(=O)N1CCC[C@@](N)(Cc2ccc(Cl)cc2)C1)C(=O)N1CCC[C@@](N)(Cc2ccc(Cl)cc2)C1. The van der Waals surface area contributed by atoms with Crippen LogP contribution in [0.4, 0.5) is 0 Å². The van der Waals surface area contributed by atoms with Crippen LogP contribution in [0.3, 0.4) is 0 Å². The third kappa shape index (κ3) is 11.4. The molecule has 3 aromatic rings. The van der Waals surface area contributed by atoms with E-state index in [1.165, 1.54) is 20.4 Å². The van der Waals surface area contributed by atoms with Crippen molar-refractivity contribution in [2.45, 2.75) is 75.3 Å². The van der Waals surface area contributed by atoms with Crippen molar-refractivity contribution in [3.05, 3.63) is 104 Å². The maximum absolute atomic E-state index is 14.3. The smallest absolute Gasteiger partial charge is 0.306 e. The molecule has 0 radical (unpaired) electrons. The molecule has 2 saturated heterocycles. The Kier molecular flexibility index (Phi) is 14.2. The number of hydrogen-bond acceptors (Lipinski definition) is 9. The van der Waals surface area contributed by atoms with Gasteiger partial charge in [0.25, 0.3) is 0 Å². The fourth-order valence-electron chi connectivity index (χ4n) is 8.05. The summed E-state index contributed by atoms with van der Waals surface area (Å²) < 4.78 is 10.6. The molecule has 55 heavy (non-hydrogen) atoms. The number of nitrogens with zero attached hydrogens (tertiary/aromatic N) is 3. The van der Waals surface area contributed by atoms with Crippen LogP contribution >= 0.6 is 23.2 Å². The molecule has 0 bridgehead atoms. The van der Waals surface area contributed by atoms with Gasteiger partial charge in [-0.1, -0.05) is 47.5 Å². The number of rotatable bonds is 14. The number of aromatic nitrogens is 1. The van der Waals surface area contributed by atoms with Crippen molar-refractivity contribution >= 4 is 47.0 Å². The summed E-state index contributed by atoms with van der Waals surface area (Å²) in [5.41, 5.74) is 15.1. The number of piperidine rings is 2. The van der Waals surface area contributed by atoms with E-state index in [2.05, 4.69) is 0 Å². The van der Waals surface area contributed by atoms with Crippen molar-refractivity contribution in [1.82, 2.24) is 9.80 Å². The van der Waals surface area contributed by atoms with Crippen LogP contribution < -0.4 is 16.2 Å². The van der Waals surface area contributed by atoms with E-state index >= 15 is 0 Å². The summed E-state index contributed by atoms with van der Waals surface area (Å²) in [4.78, 5) is 57.4. The predicted molar refractivity (Wildman–Crippen MR) is 209 cm³/mol. The Morgan fingerprint density at radius 1 is 0.745 bits per heavy atom. The van der Waals surface area contributed by atoms with Crippen molar-refractivity contribution in [3.8, 4) is 0 Å². The number of methoxy groups -OCH3 is 2. The molecule has 0 spiro atoms. The molecule has 0 saturated carbocycles. The number of carbonyl (C=O) groups excluding carboxylic acids is 4. The molecule has 1 aromatic heterocycles. The molecule has 0 aliphatic carbocycles. The Balaban J connectivity index is 1.37. The van der Waals surface area contributed by atoms with E-state index in [0.717, 1.165) is 11.1 Å². The molecule has 2 aliphatic heterocycles. The van der Waals surface area contributed by atoms with Crippen LogP contribution in [0.5, 0.6) is 0 Å². The molecule has 2 aliphatic rings. The lowest BCUT2D eigenvalue weighted by atomic mass is 9.82. The second-order valence-corrected chi connectivity index (χ2v) is 16.1. The maximum atomic E-state index is 14.3. The molecule has 296 valence electrons. The number of halogens is 2. The van der Waals surface area contributed by atoms with Gasteiger partial charge in [-0.15, -0.1) is 0 Å². The van der Waals surface area contributed by atoms with Gasteiger partial charge in [0, 0.05) is 65.4 Å². The number of benzene rings is 2. The van der Waals surface area contributed by atoms with E-state index < -0.39 is 34.9 Å².